The van der Waals surface area contributed by atoms with E-state index in [1.54, 1.807) is 0 Å². The van der Waals surface area contributed by atoms with E-state index in [1.807, 2.05) is 13.1 Å². The van der Waals surface area contributed by atoms with Gasteiger partial charge in [0.25, 0.3) is 0 Å². The van der Waals surface area contributed by atoms with Crippen LogP contribution in [-0.4, -0.2) is 14.5 Å². The van der Waals surface area contributed by atoms with Crippen LogP contribution in [0.4, 0.5) is 0 Å². The van der Waals surface area contributed by atoms with E-state index in [1.165, 1.54) is 11.3 Å². The molecule has 2 aromatic rings. The summed E-state index contributed by atoms with van der Waals surface area (Å²) in [5.41, 5.74) is 5.10. The fraction of sp³-hybridized carbons (Fsp3) is 0.600. The zero-order valence-corrected chi connectivity index (χ0v) is 12.3. The molecule has 0 amide bonds. The molecule has 1 atom stereocenters. The van der Waals surface area contributed by atoms with Gasteiger partial charge in [0, 0.05) is 18.3 Å². The Hall–Kier alpha value is -1.38. The lowest BCUT2D eigenvalue weighted by molar-refractivity contribution is 0.653. The van der Waals surface area contributed by atoms with Gasteiger partial charge in [0.05, 0.1) is 17.2 Å². The number of rotatable bonds is 3. The van der Waals surface area contributed by atoms with Crippen molar-refractivity contribution in [1.82, 2.24) is 14.5 Å². The summed E-state index contributed by atoms with van der Waals surface area (Å²) in [4.78, 5) is 9.00. The van der Waals surface area contributed by atoms with Gasteiger partial charge in [0.1, 0.15) is 5.82 Å². The third-order valence-electron chi connectivity index (χ3n) is 3.80. The molecule has 3 heteroatoms. The summed E-state index contributed by atoms with van der Waals surface area (Å²) in [6.07, 6.45) is 3.10. The van der Waals surface area contributed by atoms with E-state index < -0.39 is 0 Å². The average molecular weight is 245 g/mol. The van der Waals surface area contributed by atoms with Gasteiger partial charge in [-0.3, -0.25) is 0 Å². The van der Waals surface area contributed by atoms with Crippen molar-refractivity contribution in [3.05, 3.63) is 23.3 Å². The maximum atomic E-state index is 4.66. The van der Waals surface area contributed by atoms with Gasteiger partial charge < -0.3 is 4.57 Å². The van der Waals surface area contributed by atoms with Gasteiger partial charge in [0.15, 0.2) is 0 Å². The van der Waals surface area contributed by atoms with Crippen molar-refractivity contribution in [2.45, 2.75) is 52.9 Å². The zero-order valence-electron chi connectivity index (χ0n) is 12.3. The van der Waals surface area contributed by atoms with E-state index in [2.05, 4.69) is 49.3 Å². The van der Waals surface area contributed by atoms with E-state index >= 15 is 0 Å². The highest BCUT2D eigenvalue weighted by atomic mass is 15.0. The van der Waals surface area contributed by atoms with Crippen LogP contribution in [0, 0.1) is 6.92 Å². The Bertz CT molecular complexity index is 567. The highest BCUT2D eigenvalue weighted by Gasteiger charge is 2.22. The topological polar surface area (TPSA) is 30.7 Å². The molecule has 2 heterocycles. The number of hydrogen-bond donors (Lipinski definition) is 0. The van der Waals surface area contributed by atoms with E-state index in [0.29, 0.717) is 11.8 Å². The quantitative estimate of drug-likeness (QED) is 0.820. The SMILES string of the molecule is CCC(C)c1c(C(C)C)c2nc(C)ncc2n1C. The van der Waals surface area contributed by atoms with Crippen LogP contribution in [0.3, 0.4) is 0 Å². The molecule has 98 valence electrons. The third-order valence-corrected chi connectivity index (χ3v) is 3.80. The molecule has 2 aromatic heterocycles. The molecule has 0 bridgehead atoms. The van der Waals surface area contributed by atoms with E-state index in [0.717, 1.165) is 23.3 Å². The van der Waals surface area contributed by atoms with Crippen molar-refractivity contribution in [3.63, 3.8) is 0 Å². The van der Waals surface area contributed by atoms with Crippen molar-refractivity contribution in [3.8, 4) is 0 Å². The van der Waals surface area contributed by atoms with E-state index in [9.17, 15) is 0 Å². The van der Waals surface area contributed by atoms with Crippen LogP contribution < -0.4 is 0 Å². The highest BCUT2D eigenvalue weighted by molar-refractivity contribution is 5.81. The van der Waals surface area contributed by atoms with Gasteiger partial charge in [-0.1, -0.05) is 27.7 Å². The van der Waals surface area contributed by atoms with Gasteiger partial charge in [-0.2, -0.15) is 0 Å². The van der Waals surface area contributed by atoms with Crippen LogP contribution in [0.15, 0.2) is 6.20 Å². The van der Waals surface area contributed by atoms with Gasteiger partial charge in [-0.15, -0.1) is 0 Å². The van der Waals surface area contributed by atoms with E-state index in [4.69, 9.17) is 0 Å². The Morgan fingerprint density at radius 2 is 1.94 bits per heavy atom. The third kappa shape index (κ3) is 1.92. The molecule has 3 nitrogen and oxygen atoms in total. The van der Waals surface area contributed by atoms with Gasteiger partial charge in [-0.25, -0.2) is 9.97 Å². The van der Waals surface area contributed by atoms with Crippen LogP contribution in [0.5, 0.6) is 0 Å². The second-order valence-electron chi connectivity index (χ2n) is 5.47. The maximum absolute atomic E-state index is 4.66. The fourth-order valence-corrected chi connectivity index (χ4v) is 2.70. The fourth-order valence-electron chi connectivity index (χ4n) is 2.70. The van der Waals surface area contributed by atoms with E-state index in [-0.39, 0.29) is 0 Å². The molecule has 0 aliphatic carbocycles. The molecule has 0 fully saturated rings. The molecular weight excluding hydrogens is 222 g/mol. The number of aryl methyl sites for hydroxylation is 2. The number of nitrogens with zero attached hydrogens (tertiary/aromatic N) is 3. The zero-order chi connectivity index (χ0) is 13.4. The molecule has 0 aromatic carbocycles. The van der Waals surface area contributed by atoms with Crippen LogP contribution in [0.25, 0.3) is 11.0 Å². The Labute approximate surface area is 109 Å². The molecule has 0 saturated heterocycles. The first-order valence-corrected chi connectivity index (χ1v) is 6.79. The second-order valence-corrected chi connectivity index (χ2v) is 5.47. The summed E-state index contributed by atoms with van der Waals surface area (Å²) in [7, 11) is 2.13. The lowest BCUT2D eigenvalue weighted by Gasteiger charge is -2.15. The minimum Gasteiger partial charge on any atom is -0.345 e. The van der Waals surface area contributed by atoms with Crippen LogP contribution in [0.2, 0.25) is 0 Å². The van der Waals surface area contributed by atoms with Gasteiger partial charge >= 0.3 is 0 Å². The first-order valence-electron chi connectivity index (χ1n) is 6.79. The first kappa shape index (κ1) is 13.1. The Morgan fingerprint density at radius 3 is 2.50 bits per heavy atom. The molecule has 2 rings (SSSR count). The second kappa shape index (κ2) is 4.71. The molecule has 0 saturated carbocycles. The van der Waals surface area contributed by atoms with Crippen LogP contribution in [-0.2, 0) is 7.05 Å². The van der Waals surface area contributed by atoms with Gasteiger partial charge in [-0.05, 0) is 25.2 Å². The molecular formula is C15H23N3. The monoisotopic (exact) mass is 245 g/mol. The predicted octanol–water partition coefficient (Wildman–Crippen LogP) is 3.91. The average Bonchev–Trinajstić information content (AvgIpc) is 2.61. The summed E-state index contributed by atoms with van der Waals surface area (Å²) in [5.74, 6) is 1.90. The Balaban J connectivity index is 2.83. The lowest BCUT2D eigenvalue weighted by Crippen LogP contribution is -2.04. The van der Waals surface area contributed by atoms with Crippen molar-refractivity contribution in [2.75, 3.05) is 0 Å². The summed E-state index contributed by atoms with van der Waals surface area (Å²) in [6.45, 7) is 11.0. The Morgan fingerprint density at radius 1 is 1.28 bits per heavy atom. The number of hydrogen-bond acceptors (Lipinski definition) is 2. The van der Waals surface area contributed by atoms with Crippen molar-refractivity contribution in [2.24, 2.45) is 7.05 Å². The normalized spacial score (nSPS) is 13.5. The first-order chi connectivity index (χ1) is 8.47. The standard InChI is InChI=1S/C15H23N3/c1-7-10(4)15-13(9(2)3)14-12(18(15)6)8-16-11(5)17-14/h8-10H,7H2,1-6H3. The highest BCUT2D eigenvalue weighted by Crippen LogP contribution is 2.35. The van der Waals surface area contributed by atoms with Crippen LogP contribution >= 0.6 is 0 Å². The summed E-state index contributed by atoms with van der Waals surface area (Å²) in [5, 5.41) is 0. The lowest BCUT2D eigenvalue weighted by atomic mass is 9.94. The van der Waals surface area contributed by atoms with Crippen molar-refractivity contribution in [1.29, 1.82) is 0 Å². The molecule has 0 radical (unpaired) electrons. The number of aromatic nitrogens is 3. The Kier molecular flexibility index (Phi) is 3.42. The smallest absolute Gasteiger partial charge is 0.126 e. The summed E-state index contributed by atoms with van der Waals surface area (Å²) in [6, 6.07) is 0. The molecule has 0 spiro atoms. The summed E-state index contributed by atoms with van der Waals surface area (Å²) >= 11 is 0. The minimum absolute atomic E-state index is 0.493. The predicted molar refractivity (Wildman–Crippen MR) is 76.0 cm³/mol. The van der Waals surface area contributed by atoms with Crippen LogP contribution in [0.1, 0.15) is 63.0 Å². The molecule has 18 heavy (non-hydrogen) atoms. The summed E-state index contributed by atoms with van der Waals surface area (Å²) < 4.78 is 2.28. The van der Waals surface area contributed by atoms with Gasteiger partial charge in [0.2, 0.25) is 0 Å². The molecule has 0 aliphatic rings. The van der Waals surface area contributed by atoms with Crippen molar-refractivity contribution >= 4 is 11.0 Å². The van der Waals surface area contributed by atoms with Crippen molar-refractivity contribution < 1.29 is 0 Å². The molecule has 1 unspecified atom stereocenters. The molecule has 0 aliphatic heterocycles. The largest absolute Gasteiger partial charge is 0.345 e. The molecule has 0 N–H and O–H groups in total. The minimum atomic E-state index is 0.493. The number of fused-ring (bicyclic) bond motifs is 1. The maximum Gasteiger partial charge on any atom is 0.126 e.